The second-order valence-electron chi connectivity index (χ2n) is 7.62. The molecule has 0 aliphatic carbocycles. The Kier molecular flexibility index (Phi) is 6.64. The highest BCUT2D eigenvalue weighted by molar-refractivity contribution is 5.94. The number of fused-ring (bicyclic) bond motifs is 1. The second kappa shape index (κ2) is 9.17. The monoisotopic (exact) mass is 401 g/mol. The summed E-state index contributed by atoms with van der Waals surface area (Å²) in [5.41, 5.74) is 7.41. The Labute approximate surface area is 171 Å². The van der Waals surface area contributed by atoms with Crippen molar-refractivity contribution in [1.82, 2.24) is 15.2 Å². The van der Waals surface area contributed by atoms with Crippen LogP contribution in [-0.2, 0) is 4.79 Å². The number of carbonyl (C=O) groups is 2. The molecule has 0 saturated carbocycles. The summed E-state index contributed by atoms with van der Waals surface area (Å²) >= 11 is 0. The topological polar surface area (TPSA) is 104 Å². The lowest BCUT2D eigenvalue weighted by Gasteiger charge is -2.30. The van der Waals surface area contributed by atoms with Crippen LogP contribution >= 0.6 is 0 Å². The number of nitrogens with two attached hydrogens (primary N) is 1. The third kappa shape index (κ3) is 4.82. The summed E-state index contributed by atoms with van der Waals surface area (Å²) in [5, 5.41) is 2.60. The number of aromatic amines is 1. The van der Waals surface area contributed by atoms with E-state index in [0.29, 0.717) is 24.6 Å². The zero-order valence-electron chi connectivity index (χ0n) is 17.4. The van der Waals surface area contributed by atoms with Crippen molar-refractivity contribution in [2.75, 3.05) is 31.6 Å². The SMILES string of the molecule is CNC(=O)C/C=C\C(=C/C(C)N)N1CCOc2cc(C(=O)N3CCC[C@@H]3C)[nH]c21. The van der Waals surface area contributed by atoms with Gasteiger partial charge in [0.25, 0.3) is 5.91 Å². The zero-order chi connectivity index (χ0) is 21.0. The molecule has 8 heteroatoms. The number of hydrogen-bond donors (Lipinski definition) is 3. The zero-order valence-corrected chi connectivity index (χ0v) is 17.4. The van der Waals surface area contributed by atoms with Gasteiger partial charge in [0, 0.05) is 43.9 Å². The van der Waals surface area contributed by atoms with E-state index in [4.69, 9.17) is 10.5 Å². The van der Waals surface area contributed by atoms with Crippen molar-refractivity contribution in [2.45, 2.75) is 45.2 Å². The molecule has 0 radical (unpaired) electrons. The first kappa shape index (κ1) is 21.0. The van der Waals surface area contributed by atoms with E-state index in [-0.39, 0.29) is 30.3 Å². The Balaban J connectivity index is 1.86. The summed E-state index contributed by atoms with van der Waals surface area (Å²) in [6.45, 7) is 5.87. The van der Waals surface area contributed by atoms with Crippen LogP contribution < -0.4 is 20.7 Å². The van der Waals surface area contributed by atoms with E-state index in [1.165, 1.54) is 0 Å². The molecule has 2 amide bonds. The average Bonchev–Trinajstić information content (AvgIpc) is 3.32. The molecule has 3 rings (SSSR count). The molecular weight excluding hydrogens is 370 g/mol. The predicted octanol–water partition coefficient (Wildman–Crippen LogP) is 1.76. The fraction of sp³-hybridized carbons (Fsp3) is 0.524. The van der Waals surface area contributed by atoms with Gasteiger partial charge in [-0.2, -0.15) is 0 Å². The van der Waals surface area contributed by atoms with Gasteiger partial charge < -0.3 is 30.6 Å². The van der Waals surface area contributed by atoms with Gasteiger partial charge in [0.15, 0.2) is 11.6 Å². The van der Waals surface area contributed by atoms with Crippen molar-refractivity contribution in [3.63, 3.8) is 0 Å². The number of carbonyl (C=O) groups excluding carboxylic acids is 2. The van der Waals surface area contributed by atoms with E-state index in [2.05, 4.69) is 17.2 Å². The van der Waals surface area contributed by atoms with Gasteiger partial charge in [-0.15, -0.1) is 0 Å². The van der Waals surface area contributed by atoms with E-state index in [9.17, 15) is 9.59 Å². The Morgan fingerprint density at radius 3 is 2.90 bits per heavy atom. The van der Waals surface area contributed by atoms with Crippen LogP contribution in [0.2, 0.25) is 0 Å². The lowest BCUT2D eigenvalue weighted by molar-refractivity contribution is -0.119. The molecule has 1 fully saturated rings. The van der Waals surface area contributed by atoms with E-state index >= 15 is 0 Å². The number of amides is 2. The summed E-state index contributed by atoms with van der Waals surface area (Å²) in [5.74, 6) is 1.34. The van der Waals surface area contributed by atoms with Gasteiger partial charge in [0.05, 0.1) is 6.54 Å². The standard InChI is InChI=1S/C21H31N5O3/c1-14(22)12-16(7-4-8-19(27)23-3)26-10-11-29-18-13-17(24-20(18)26)21(28)25-9-5-6-15(25)2/h4,7,12-15,24H,5-6,8-11,22H2,1-3H3,(H,23,27)/b7-4-,16-12+/t14?,15-/m0/s1. The van der Waals surface area contributed by atoms with Crippen molar-refractivity contribution in [1.29, 1.82) is 0 Å². The second-order valence-corrected chi connectivity index (χ2v) is 7.62. The highest BCUT2D eigenvalue weighted by atomic mass is 16.5. The van der Waals surface area contributed by atoms with Crippen molar-refractivity contribution in [3.05, 3.63) is 35.7 Å². The molecule has 1 aromatic heterocycles. The number of anilines is 1. The lowest BCUT2D eigenvalue weighted by Crippen LogP contribution is -2.34. The van der Waals surface area contributed by atoms with Crippen LogP contribution in [0.4, 0.5) is 5.82 Å². The molecule has 4 N–H and O–H groups in total. The van der Waals surface area contributed by atoms with Crippen LogP contribution in [0.1, 0.15) is 43.6 Å². The van der Waals surface area contributed by atoms with Gasteiger partial charge in [0.1, 0.15) is 12.3 Å². The minimum atomic E-state index is -0.164. The number of nitrogens with one attached hydrogen (secondary N) is 2. The molecule has 0 aromatic carbocycles. The molecule has 1 saturated heterocycles. The summed E-state index contributed by atoms with van der Waals surface area (Å²) in [6.07, 6.45) is 7.98. The maximum Gasteiger partial charge on any atom is 0.270 e. The third-order valence-electron chi connectivity index (χ3n) is 5.26. The average molecular weight is 402 g/mol. The van der Waals surface area contributed by atoms with Crippen LogP contribution in [0.5, 0.6) is 5.75 Å². The number of nitrogens with zero attached hydrogens (tertiary/aromatic N) is 2. The van der Waals surface area contributed by atoms with E-state index in [0.717, 1.165) is 30.9 Å². The first-order valence-electron chi connectivity index (χ1n) is 10.2. The van der Waals surface area contributed by atoms with Crippen LogP contribution in [0.3, 0.4) is 0 Å². The van der Waals surface area contributed by atoms with Crippen molar-refractivity contribution < 1.29 is 14.3 Å². The van der Waals surface area contributed by atoms with Crippen LogP contribution in [0.15, 0.2) is 30.0 Å². The maximum atomic E-state index is 12.9. The van der Waals surface area contributed by atoms with Gasteiger partial charge in [-0.1, -0.05) is 6.08 Å². The number of likely N-dealkylation sites (tertiary alicyclic amines) is 1. The van der Waals surface area contributed by atoms with Crippen molar-refractivity contribution >= 4 is 17.6 Å². The first-order valence-corrected chi connectivity index (χ1v) is 10.2. The molecule has 8 nitrogen and oxygen atoms in total. The van der Waals surface area contributed by atoms with Crippen molar-refractivity contribution in [2.24, 2.45) is 5.73 Å². The van der Waals surface area contributed by atoms with E-state index < -0.39 is 0 Å². The Bertz CT molecular complexity index is 811. The maximum absolute atomic E-state index is 12.9. The van der Waals surface area contributed by atoms with Crippen LogP contribution in [-0.4, -0.2) is 60.5 Å². The molecule has 3 heterocycles. The molecule has 2 atom stereocenters. The molecule has 1 unspecified atom stereocenters. The normalized spacial score (nSPS) is 20.6. The predicted molar refractivity (Wildman–Crippen MR) is 113 cm³/mol. The van der Waals surface area contributed by atoms with Gasteiger partial charge in [-0.25, -0.2) is 0 Å². The molecule has 29 heavy (non-hydrogen) atoms. The number of rotatable bonds is 6. The van der Waals surface area contributed by atoms with Gasteiger partial charge in [-0.05, 0) is 38.8 Å². The minimum Gasteiger partial charge on any atom is -0.488 e. The number of H-pyrrole nitrogens is 1. The summed E-state index contributed by atoms with van der Waals surface area (Å²) in [4.78, 5) is 31.7. The van der Waals surface area contributed by atoms with E-state index in [1.807, 2.05) is 35.0 Å². The summed E-state index contributed by atoms with van der Waals surface area (Å²) in [6, 6.07) is 1.87. The number of allylic oxidation sites excluding steroid dienone is 1. The van der Waals surface area contributed by atoms with Crippen molar-refractivity contribution in [3.8, 4) is 5.75 Å². The summed E-state index contributed by atoms with van der Waals surface area (Å²) < 4.78 is 5.80. The molecule has 1 aromatic rings. The number of ether oxygens (including phenoxy) is 1. The van der Waals surface area contributed by atoms with Gasteiger partial charge in [-0.3, -0.25) is 9.59 Å². The van der Waals surface area contributed by atoms with Crippen LogP contribution in [0, 0.1) is 0 Å². The van der Waals surface area contributed by atoms with Gasteiger partial charge >= 0.3 is 0 Å². The minimum absolute atomic E-state index is 0.000770. The van der Waals surface area contributed by atoms with Gasteiger partial charge in [0.2, 0.25) is 5.91 Å². The fourth-order valence-electron chi connectivity index (χ4n) is 3.75. The fourth-order valence-corrected chi connectivity index (χ4v) is 3.75. The largest absolute Gasteiger partial charge is 0.488 e. The Hall–Kier alpha value is -2.74. The first-order chi connectivity index (χ1) is 13.9. The smallest absolute Gasteiger partial charge is 0.270 e. The third-order valence-corrected chi connectivity index (χ3v) is 5.26. The highest BCUT2D eigenvalue weighted by Gasteiger charge is 2.30. The molecule has 0 spiro atoms. The number of hydrogen-bond acceptors (Lipinski definition) is 5. The number of aromatic nitrogens is 1. The quantitative estimate of drug-likeness (QED) is 0.630. The highest BCUT2D eigenvalue weighted by Crippen LogP contribution is 2.35. The summed E-state index contributed by atoms with van der Waals surface area (Å²) in [7, 11) is 1.61. The molecule has 0 bridgehead atoms. The Morgan fingerprint density at radius 2 is 2.24 bits per heavy atom. The Morgan fingerprint density at radius 1 is 1.45 bits per heavy atom. The molecule has 158 valence electrons. The van der Waals surface area contributed by atoms with E-state index in [1.54, 1.807) is 13.1 Å². The lowest BCUT2D eigenvalue weighted by atomic mass is 10.2. The molecular formula is C21H31N5O3. The van der Waals surface area contributed by atoms with Crippen LogP contribution in [0.25, 0.3) is 0 Å². The molecule has 2 aliphatic rings. The molecule has 2 aliphatic heterocycles.